The van der Waals surface area contributed by atoms with Crippen molar-refractivity contribution in [2.75, 3.05) is 32.8 Å². The molecule has 1 aliphatic heterocycles. The number of hydrogen-bond donors (Lipinski definition) is 1. The Labute approximate surface area is 124 Å². The quantitative estimate of drug-likeness (QED) is 0.625. The van der Waals surface area contributed by atoms with E-state index in [1.54, 1.807) is 0 Å². The number of nitrogens with one attached hydrogen (secondary N) is 1. The minimum atomic E-state index is -0.361. The maximum Gasteiger partial charge on any atom is 0.103 e. The summed E-state index contributed by atoms with van der Waals surface area (Å²) in [6.45, 7) is 11.3. The van der Waals surface area contributed by atoms with Gasteiger partial charge in [-0.05, 0) is 58.7 Å². The molecule has 0 aromatic heterocycles. The van der Waals surface area contributed by atoms with E-state index in [0.29, 0.717) is 6.10 Å². The molecule has 0 bridgehead atoms. The highest BCUT2D eigenvalue weighted by atomic mass is 16.5. The third-order valence-corrected chi connectivity index (χ3v) is 4.15. The van der Waals surface area contributed by atoms with Crippen LogP contribution in [0.5, 0.6) is 0 Å². The largest absolute Gasteiger partial charge is 0.377 e. The Hall–Kier alpha value is -0.630. The highest BCUT2D eigenvalue weighted by Crippen LogP contribution is 2.15. The molecule has 0 amide bonds. The van der Waals surface area contributed by atoms with E-state index in [1.165, 1.54) is 12.8 Å². The van der Waals surface area contributed by atoms with Gasteiger partial charge in [0.1, 0.15) is 5.54 Å². The Balaban J connectivity index is 2.19. The molecule has 0 aromatic carbocycles. The molecule has 4 nitrogen and oxygen atoms in total. The van der Waals surface area contributed by atoms with Crippen LogP contribution in [0.4, 0.5) is 0 Å². The van der Waals surface area contributed by atoms with E-state index in [-0.39, 0.29) is 5.54 Å². The number of rotatable bonds is 10. The standard InChI is InChI=1S/C16H31N3O/c1-4-18-16(3,14-17)10-6-7-11-19(5-2)13-15-9-8-12-20-15/h15,18H,4-13H2,1-3H3. The molecule has 0 radical (unpaired) electrons. The van der Waals surface area contributed by atoms with E-state index in [2.05, 4.69) is 30.1 Å². The van der Waals surface area contributed by atoms with E-state index in [1.807, 2.05) is 6.92 Å². The minimum Gasteiger partial charge on any atom is -0.377 e. The zero-order valence-corrected chi connectivity index (χ0v) is 13.5. The monoisotopic (exact) mass is 281 g/mol. The number of ether oxygens (including phenoxy) is 1. The average Bonchev–Trinajstić information content (AvgIpc) is 2.95. The second-order valence-electron chi connectivity index (χ2n) is 5.96. The topological polar surface area (TPSA) is 48.3 Å². The first-order valence-corrected chi connectivity index (χ1v) is 8.13. The van der Waals surface area contributed by atoms with Crippen molar-refractivity contribution in [2.45, 2.75) is 64.5 Å². The first-order chi connectivity index (χ1) is 9.63. The smallest absolute Gasteiger partial charge is 0.103 e. The van der Waals surface area contributed by atoms with Gasteiger partial charge in [-0.15, -0.1) is 0 Å². The van der Waals surface area contributed by atoms with Gasteiger partial charge < -0.3 is 9.64 Å². The summed E-state index contributed by atoms with van der Waals surface area (Å²) in [5, 5.41) is 12.5. The van der Waals surface area contributed by atoms with Gasteiger partial charge in [0.05, 0.1) is 12.2 Å². The number of nitriles is 1. The molecule has 4 heteroatoms. The first-order valence-electron chi connectivity index (χ1n) is 8.13. The summed E-state index contributed by atoms with van der Waals surface area (Å²) < 4.78 is 5.70. The van der Waals surface area contributed by atoms with Crippen molar-refractivity contribution in [1.29, 1.82) is 5.26 Å². The molecule has 1 rings (SSSR count). The van der Waals surface area contributed by atoms with Crippen LogP contribution in [-0.4, -0.2) is 49.3 Å². The summed E-state index contributed by atoms with van der Waals surface area (Å²) in [6, 6.07) is 2.40. The first kappa shape index (κ1) is 17.4. The van der Waals surface area contributed by atoms with Crippen LogP contribution in [-0.2, 0) is 4.74 Å². The summed E-state index contributed by atoms with van der Waals surface area (Å²) >= 11 is 0. The number of hydrogen-bond acceptors (Lipinski definition) is 4. The second-order valence-corrected chi connectivity index (χ2v) is 5.96. The third-order valence-electron chi connectivity index (χ3n) is 4.15. The lowest BCUT2D eigenvalue weighted by atomic mass is 9.96. The van der Waals surface area contributed by atoms with Crippen molar-refractivity contribution in [3.63, 3.8) is 0 Å². The van der Waals surface area contributed by atoms with Gasteiger partial charge in [-0.2, -0.15) is 5.26 Å². The van der Waals surface area contributed by atoms with Crippen molar-refractivity contribution in [2.24, 2.45) is 0 Å². The van der Waals surface area contributed by atoms with Crippen molar-refractivity contribution in [1.82, 2.24) is 10.2 Å². The predicted molar refractivity (Wildman–Crippen MR) is 82.6 cm³/mol. The minimum absolute atomic E-state index is 0.361. The van der Waals surface area contributed by atoms with Crippen molar-refractivity contribution < 1.29 is 4.74 Å². The van der Waals surface area contributed by atoms with Crippen LogP contribution in [0.2, 0.25) is 0 Å². The molecule has 0 aromatic rings. The molecule has 20 heavy (non-hydrogen) atoms. The van der Waals surface area contributed by atoms with Crippen molar-refractivity contribution in [3.05, 3.63) is 0 Å². The SMILES string of the molecule is CCNC(C)(C#N)CCCCN(CC)CC1CCCO1. The van der Waals surface area contributed by atoms with Crippen molar-refractivity contribution in [3.8, 4) is 6.07 Å². The molecule has 0 aliphatic carbocycles. The molecular formula is C16H31N3O. The van der Waals surface area contributed by atoms with Gasteiger partial charge >= 0.3 is 0 Å². The lowest BCUT2D eigenvalue weighted by molar-refractivity contribution is 0.0741. The van der Waals surface area contributed by atoms with Crippen LogP contribution >= 0.6 is 0 Å². The summed E-state index contributed by atoms with van der Waals surface area (Å²) in [5.74, 6) is 0. The number of likely N-dealkylation sites (N-methyl/N-ethyl adjacent to an activating group) is 1. The van der Waals surface area contributed by atoms with Gasteiger partial charge in [0, 0.05) is 13.2 Å². The second kappa shape index (κ2) is 9.33. The molecule has 2 unspecified atom stereocenters. The van der Waals surface area contributed by atoms with Crippen LogP contribution in [0, 0.1) is 11.3 Å². The molecule has 1 saturated heterocycles. The summed E-state index contributed by atoms with van der Waals surface area (Å²) in [7, 11) is 0. The number of nitrogens with zero attached hydrogens (tertiary/aromatic N) is 2. The average molecular weight is 281 g/mol. The van der Waals surface area contributed by atoms with E-state index < -0.39 is 0 Å². The van der Waals surface area contributed by atoms with E-state index in [0.717, 1.165) is 52.0 Å². The van der Waals surface area contributed by atoms with Gasteiger partial charge in [0.15, 0.2) is 0 Å². The molecule has 116 valence electrons. The molecule has 2 atom stereocenters. The zero-order chi connectivity index (χ0) is 14.8. The lowest BCUT2D eigenvalue weighted by Gasteiger charge is -2.25. The molecule has 1 heterocycles. The Morgan fingerprint density at radius 3 is 2.75 bits per heavy atom. The third kappa shape index (κ3) is 6.21. The van der Waals surface area contributed by atoms with Crippen LogP contribution in [0.25, 0.3) is 0 Å². The molecule has 0 spiro atoms. The highest BCUT2D eigenvalue weighted by Gasteiger charge is 2.22. The fraction of sp³-hybridized carbons (Fsp3) is 0.938. The Morgan fingerprint density at radius 2 is 2.20 bits per heavy atom. The Bertz CT molecular complexity index is 297. The van der Waals surface area contributed by atoms with E-state index in [9.17, 15) is 5.26 Å². The summed E-state index contributed by atoms with van der Waals surface area (Å²) in [4.78, 5) is 2.48. The van der Waals surface area contributed by atoms with Crippen LogP contribution < -0.4 is 5.32 Å². The fourth-order valence-corrected chi connectivity index (χ4v) is 2.84. The lowest BCUT2D eigenvalue weighted by Crippen LogP contribution is -2.40. The van der Waals surface area contributed by atoms with Gasteiger partial charge in [0.2, 0.25) is 0 Å². The molecule has 1 aliphatic rings. The van der Waals surface area contributed by atoms with Gasteiger partial charge in [-0.3, -0.25) is 5.32 Å². The molecular weight excluding hydrogens is 250 g/mol. The molecule has 1 N–H and O–H groups in total. The normalized spacial score (nSPS) is 21.9. The number of unbranched alkanes of at least 4 members (excludes halogenated alkanes) is 1. The summed E-state index contributed by atoms with van der Waals surface area (Å²) in [6.07, 6.45) is 6.05. The summed E-state index contributed by atoms with van der Waals surface area (Å²) in [5.41, 5.74) is -0.361. The van der Waals surface area contributed by atoms with Gasteiger partial charge in [-0.1, -0.05) is 13.8 Å². The van der Waals surface area contributed by atoms with Crippen LogP contribution in [0.1, 0.15) is 52.9 Å². The highest BCUT2D eigenvalue weighted by molar-refractivity contribution is 5.03. The van der Waals surface area contributed by atoms with Crippen LogP contribution in [0.3, 0.4) is 0 Å². The molecule has 1 fully saturated rings. The van der Waals surface area contributed by atoms with Gasteiger partial charge in [0.25, 0.3) is 0 Å². The Kier molecular flexibility index (Phi) is 8.13. The molecule has 0 saturated carbocycles. The zero-order valence-electron chi connectivity index (χ0n) is 13.5. The van der Waals surface area contributed by atoms with Crippen LogP contribution in [0.15, 0.2) is 0 Å². The van der Waals surface area contributed by atoms with Gasteiger partial charge in [-0.25, -0.2) is 0 Å². The maximum atomic E-state index is 9.22. The van der Waals surface area contributed by atoms with E-state index in [4.69, 9.17) is 4.74 Å². The maximum absolute atomic E-state index is 9.22. The van der Waals surface area contributed by atoms with Crippen molar-refractivity contribution >= 4 is 0 Å². The predicted octanol–water partition coefficient (Wildman–Crippen LogP) is 2.55. The fourth-order valence-electron chi connectivity index (χ4n) is 2.84. The Morgan fingerprint density at radius 1 is 1.40 bits per heavy atom. The van der Waals surface area contributed by atoms with E-state index >= 15 is 0 Å².